The van der Waals surface area contributed by atoms with Gasteiger partial charge in [-0.1, -0.05) is 23.8 Å². The lowest BCUT2D eigenvalue weighted by Gasteiger charge is -2.34. The van der Waals surface area contributed by atoms with Gasteiger partial charge in [-0.15, -0.1) is 0 Å². The fourth-order valence-corrected chi connectivity index (χ4v) is 2.16. The molecule has 1 saturated heterocycles. The van der Waals surface area contributed by atoms with Gasteiger partial charge in [0, 0.05) is 32.2 Å². The molecule has 0 radical (unpaired) electrons. The van der Waals surface area contributed by atoms with Crippen LogP contribution in [0.2, 0.25) is 0 Å². The number of hydrogen-bond donors (Lipinski definition) is 1. The zero-order valence-electron chi connectivity index (χ0n) is 9.00. The molecule has 1 heterocycles. The van der Waals surface area contributed by atoms with E-state index in [1.165, 1.54) is 25.9 Å². The Morgan fingerprint density at radius 3 is 3.21 bits per heavy atom. The second-order valence-corrected chi connectivity index (χ2v) is 4.32. The van der Waals surface area contributed by atoms with E-state index in [1.54, 1.807) is 5.57 Å². The summed E-state index contributed by atoms with van der Waals surface area (Å²) in [6, 6.07) is 0.690. The Kier molecular flexibility index (Phi) is 3.38. The van der Waals surface area contributed by atoms with Crippen LogP contribution >= 0.6 is 0 Å². The standard InChI is InChI=1S/C12H20N2/c1-11-9-13-7-8-14(11)10-12-5-3-2-4-6-12/h2-3,5,11,13H,4,6-10H2,1H3. The first-order valence-corrected chi connectivity index (χ1v) is 5.65. The first-order valence-electron chi connectivity index (χ1n) is 5.65. The molecular weight excluding hydrogens is 172 g/mol. The molecule has 0 aromatic heterocycles. The van der Waals surface area contributed by atoms with Crippen LogP contribution in [0.1, 0.15) is 19.8 Å². The predicted octanol–water partition coefficient (Wildman–Crippen LogP) is 1.56. The fraction of sp³-hybridized carbons (Fsp3) is 0.667. The largest absolute Gasteiger partial charge is 0.314 e. The maximum absolute atomic E-state index is 3.43. The van der Waals surface area contributed by atoms with Gasteiger partial charge in [0.05, 0.1) is 0 Å². The molecule has 2 rings (SSSR count). The van der Waals surface area contributed by atoms with Crippen LogP contribution in [0, 0.1) is 0 Å². The highest BCUT2D eigenvalue weighted by atomic mass is 15.2. The first-order chi connectivity index (χ1) is 6.86. The molecule has 0 aromatic rings. The second kappa shape index (κ2) is 4.76. The second-order valence-electron chi connectivity index (χ2n) is 4.32. The van der Waals surface area contributed by atoms with Gasteiger partial charge in [0.15, 0.2) is 0 Å². The van der Waals surface area contributed by atoms with Crippen molar-refractivity contribution in [1.29, 1.82) is 0 Å². The number of nitrogens with zero attached hydrogens (tertiary/aromatic N) is 1. The Labute approximate surface area is 86.7 Å². The molecule has 78 valence electrons. The number of hydrogen-bond acceptors (Lipinski definition) is 2. The van der Waals surface area contributed by atoms with E-state index in [2.05, 4.69) is 35.4 Å². The van der Waals surface area contributed by atoms with Gasteiger partial charge in [-0.2, -0.15) is 0 Å². The fourth-order valence-electron chi connectivity index (χ4n) is 2.16. The molecule has 0 aromatic carbocycles. The predicted molar refractivity (Wildman–Crippen MR) is 60.4 cm³/mol. The van der Waals surface area contributed by atoms with E-state index in [4.69, 9.17) is 0 Å². The van der Waals surface area contributed by atoms with Gasteiger partial charge in [0.25, 0.3) is 0 Å². The van der Waals surface area contributed by atoms with Gasteiger partial charge < -0.3 is 5.32 Å². The maximum Gasteiger partial charge on any atom is 0.0200 e. The van der Waals surface area contributed by atoms with Crippen molar-refractivity contribution in [2.24, 2.45) is 0 Å². The topological polar surface area (TPSA) is 15.3 Å². The molecule has 2 nitrogen and oxygen atoms in total. The third-order valence-electron chi connectivity index (χ3n) is 3.15. The van der Waals surface area contributed by atoms with Crippen molar-refractivity contribution < 1.29 is 0 Å². The van der Waals surface area contributed by atoms with E-state index in [-0.39, 0.29) is 0 Å². The highest BCUT2D eigenvalue weighted by molar-refractivity contribution is 5.19. The summed E-state index contributed by atoms with van der Waals surface area (Å²) in [5.41, 5.74) is 1.60. The van der Waals surface area contributed by atoms with E-state index >= 15 is 0 Å². The van der Waals surface area contributed by atoms with Gasteiger partial charge in [-0.25, -0.2) is 0 Å². The summed E-state index contributed by atoms with van der Waals surface area (Å²) in [6.07, 6.45) is 9.23. The summed E-state index contributed by atoms with van der Waals surface area (Å²) >= 11 is 0. The van der Waals surface area contributed by atoms with Crippen LogP contribution in [0.4, 0.5) is 0 Å². The number of piperazine rings is 1. The average Bonchev–Trinajstić information content (AvgIpc) is 2.23. The molecule has 0 amide bonds. The van der Waals surface area contributed by atoms with Crippen molar-refractivity contribution in [3.63, 3.8) is 0 Å². The minimum Gasteiger partial charge on any atom is -0.314 e. The average molecular weight is 192 g/mol. The van der Waals surface area contributed by atoms with E-state index in [0.717, 1.165) is 13.1 Å². The number of rotatable bonds is 2. The van der Waals surface area contributed by atoms with Crippen LogP contribution in [0.25, 0.3) is 0 Å². The molecule has 1 unspecified atom stereocenters. The highest BCUT2D eigenvalue weighted by Gasteiger charge is 2.18. The van der Waals surface area contributed by atoms with Gasteiger partial charge in [0.2, 0.25) is 0 Å². The van der Waals surface area contributed by atoms with Crippen LogP contribution in [0.3, 0.4) is 0 Å². The van der Waals surface area contributed by atoms with Gasteiger partial charge in [-0.05, 0) is 19.8 Å². The molecule has 0 bridgehead atoms. The molecule has 1 atom stereocenters. The number of nitrogens with one attached hydrogen (secondary N) is 1. The minimum atomic E-state index is 0.690. The monoisotopic (exact) mass is 192 g/mol. The molecular formula is C12H20N2. The maximum atomic E-state index is 3.43. The van der Waals surface area contributed by atoms with Crippen molar-refractivity contribution in [3.05, 3.63) is 23.8 Å². The lowest BCUT2D eigenvalue weighted by atomic mass is 10.0. The Balaban J connectivity index is 1.88. The molecule has 0 spiro atoms. The van der Waals surface area contributed by atoms with Gasteiger partial charge >= 0.3 is 0 Å². The van der Waals surface area contributed by atoms with Crippen molar-refractivity contribution in [1.82, 2.24) is 10.2 Å². The van der Waals surface area contributed by atoms with Crippen LogP contribution in [-0.4, -0.2) is 37.1 Å². The summed E-state index contributed by atoms with van der Waals surface area (Å²) in [5.74, 6) is 0. The summed E-state index contributed by atoms with van der Waals surface area (Å²) in [7, 11) is 0. The van der Waals surface area contributed by atoms with Crippen LogP contribution in [0.5, 0.6) is 0 Å². The van der Waals surface area contributed by atoms with E-state index in [0.29, 0.717) is 6.04 Å². The van der Waals surface area contributed by atoms with E-state index in [9.17, 15) is 0 Å². The summed E-state index contributed by atoms with van der Waals surface area (Å²) in [4.78, 5) is 2.58. The first kappa shape index (κ1) is 9.94. The summed E-state index contributed by atoms with van der Waals surface area (Å²) < 4.78 is 0. The third-order valence-corrected chi connectivity index (χ3v) is 3.15. The van der Waals surface area contributed by atoms with Gasteiger partial charge in [0.1, 0.15) is 0 Å². The molecule has 2 heteroatoms. The lowest BCUT2D eigenvalue weighted by Crippen LogP contribution is -2.50. The van der Waals surface area contributed by atoms with Crippen molar-refractivity contribution in [3.8, 4) is 0 Å². The minimum absolute atomic E-state index is 0.690. The molecule has 1 fully saturated rings. The zero-order valence-corrected chi connectivity index (χ0v) is 9.00. The Bertz CT molecular complexity index is 243. The number of allylic oxidation sites excluding steroid dienone is 3. The third kappa shape index (κ3) is 2.46. The van der Waals surface area contributed by atoms with Crippen LogP contribution in [0.15, 0.2) is 23.8 Å². The van der Waals surface area contributed by atoms with E-state index < -0.39 is 0 Å². The molecule has 1 N–H and O–H groups in total. The Morgan fingerprint density at radius 1 is 1.57 bits per heavy atom. The normalized spacial score (nSPS) is 28.9. The van der Waals surface area contributed by atoms with Crippen molar-refractivity contribution in [2.45, 2.75) is 25.8 Å². The summed E-state index contributed by atoms with van der Waals surface area (Å²) in [6.45, 7) is 6.97. The highest BCUT2D eigenvalue weighted by Crippen LogP contribution is 2.15. The Morgan fingerprint density at radius 2 is 2.50 bits per heavy atom. The van der Waals surface area contributed by atoms with Crippen LogP contribution in [-0.2, 0) is 0 Å². The lowest BCUT2D eigenvalue weighted by molar-refractivity contribution is 0.187. The molecule has 2 aliphatic rings. The molecule has 1 aliphatic carbocycles. The van der Waals surface area contributed by atoms with Crippen molar-refractivity contribution in [2.75, 3.05) is 26.2 Å². The van der Waals surface area contributed by atoms with Crippen LogP contribution < -0.4 is 5.32 Å². The SMILES string of the molecule is CC1CNCCN1CC1=CC=CCC1. The summed E-state index contributed by atoms with van der Waals surface area (Å²) in [5, 5.41) is 3.43. The molecule has 0 saturated carbocycles. The molecule has 14 heavy (non-hydrogen) atoms. The smallest absolute Gasteiger partial charge is 0.0200 e. The quantitative estimate of drug-likeness (QED) is 0.714. The van der Waals surface area contributed by atoms with E-state index in [1.807, 2.05) is 0 Å². The Hall–Kier alpha value is -0.600. The zero-order chi connectivity index (χ0) is 9.80. The van der Waals surface area contributed by atoms with Crippen molar-refractivity contribution >= 4 is 0 Å². The van der Waals surface area contributed by atoms with Gasteiger partial charge in [-0.3, -0.25) is 4.90 Å². The molecule has 1 aliphatic heterocycles.